The highest BCUT2D eigenvalue weighted by Crippen LogP contribution is 2.22. The summed E-state index contributed by atoms with van der Waals surface area (Å²) >= 11 is 6.03. The second kappa shape index (κ2) is 6.17. The number of halogens is 1. The van der Waals surface area contributed by atoms with Crippen LogP contribution in [-0.2, 0) is 9.59 Å². The third kappa shape index (κ3) is 4.04. The molecule has 0 aliphatic carbocycles. The Morgan fingerprint density at radius 3 is 2.74 bits per heavy atom. The van der Waals surface area contributed by atoms with E-state index >= 15 is 0 Å². The maximum atomic E-state index is 11.9. The first kappa shape index (κ1) is 14.0. The van der Waals surface area contributed by atoms with E-state index in [0.29, 0.717) is 43.2 Å². The Labute approximate surface area is 117 Å². The van der Waals surface area contributed by atoms with Crippen molar-refractivity contribution < 1.29 is 9.59 Å². The molecule has 1 fully saturated rings. The standard InChI is InChI=1S/C14H17ClN2O2/c1-10-2-3-12(15)13(8-10)16-14(19)9-17-6-4-11(18)5-7-17/h2-3,8H,4-7,9H2,1H3,(H,16,19). The first-order valence-electron chi connectivity index (χ1n) is 6.34. The number of Topliss-reactive ketones (excluding diaryl/α,β-unsaturated/α-hetero) is 1. The first-order valence-corrected chi connectivity index (χ1v) is 6.72. The van der Waals surface area contributed by atoms with Crippen LogP contribution in [0.4, 0.5) is 5.69 Å². The SMILES string of the molecule is Cc1ccc(Cl)c(NC(=O)CN2CCC(=O)CC2)c1. The normalized spacial score (nSPS) is 16.4. The number of benzene rings is 1. The molecule has 4 nitrogen and oxygen atoms in total. The molecule has 1 aliphatic heterocycles. The second-order valence-electron chi connectivity index (χ2n) is 4.85. The first-order chi connectivity index (χ1) is 9.04. The molecule has 0 spiro atoms. The van der Waals surface area contributed by atoms with E-state index in [-0.39, 0.29) is 11.7 Å². The van der Waals surface area contributed by atoms with Gasteiger partial charge < -0.3 is 5.32 Å². The van der Waals surface area contributed by atoms with Crippen molar-refractivity contribution in [2.75, 3.05) is 25.0 Å². The lowest BCUT2D eigenvalue weighted by molar-refractivity contribution is -0.124. The highest BCUT2D eigenvalue weighted by Gasteiger charge is 2.18. The van der Waals surface area contributed by atoms with Crippen molar-refractivity contribution in [2.45, 2.75) is 19.8 Å². The number of carbonyl (C=O) groups excluding carboxylic acids is 2. The van der Waals surface area contributed by atoms with E-state index in [0.717, 1.165) is 5.56 Å². The van der Waals surface area contributed by atoms with Crippen molar-refractivity contribution in [1.29, 1.82) is 0 Å². The Balaban J connectivity index is 1.90. The van der Waals surface area contributed by atoms with Gasteiger partial charge in [0.25, 0.3) is 0 Å². The van der Waals surface area contributed by atoms with E-state index < -0.39 is 0 Å². The van der Waals surface area contributed by atoms with E-state index in [4.69, 9.17) is 11.6 Å². The van der Waals surface area contributed by atoms with Crippen molar-refractivity contribution in [3.05, 3.63) is 28.8 Å². The lowest BCUT2D eigenvalue weighted by Crippen LogP contribution is -2.39. The van der Waals surface area contributed by atoms with E-state index in [9.17, 15) is 9.59 Å². The van der Waals surface area contributed by atoms with Gasteiger partial charge in [0.05, 0.1) is 17.3 Å². The number of nitrogens with zero attached hydrogens (tertiary/aromatic N) is 1. The number of ketones is 1. The summed E-state index contributed by atoms with van der Waals surface area (Å²) < 4.78 is 0. The van der Waals surface area contributed by atoms with E-state index in [1.807, 2.05) is 24.0 Å². The van der Waals surface area contributed by atoms with Crippen LogP contribution in [0.15, 0.2) is 18.2 Å². The largest absolute Gasteiger partial charge is 0.324 e. The Kier molecular flexibility index (Phi) is 4.56. The minimum absolute atomic E-state index is 0.0955. The molecule has 102 valence electrons. The summed E-state index contributed by atoms with van der Waals surface area (Å²) in [5.74, 6) is 0.181. The molecule has 0 atom stereocenters. The van der Waals surface area contributed by atoms with Gasteiger partial charge in [-0.05, 0) is 24.6 Å². The fourth-order valence-electron chi connectivity index (χ4n) is 2.09. The number of piperidine rings is 1. The number of aryl methyl sites for hydroxylation is 1. The summed E-state index contributed by atoms with van der Waals surface area (Å²) in [6.45, 7) is 3.57. The van der Waals surface area contributed by atoms with Crippen molar-refractivity contribution >= 4 is 29.0 Å². The maximum Gasteiger partial charge on any atom is 0.238 e. The van der Waals surface area contributed by atoms with Crippen LogP contribution in [0, 0.1) is 6.92 Å². The van der Waals surface area contributed by atoms with E-state index in [1.165, 1.54) is 0 Å². The van der Waals surface area contributed by atoms with Crippen LogP contribution >= 0.6 is 11.6 Å². The van der Waals surface area contributed by atoms with Crippen molar-refractivity contribution in [3.8, 4) is 0 Å². The van der Waals surface area contributed by atoms with Gasteiger partial charge in [0, 0.05) is 25.9 Å². The number of rotatable bonds is 3. The van der Waals surface area contributed by atoms with Crippen molar-refractivity contribution in [3.63, 3.8) is 0 Å². The maximum absolute atomic E-state index is 11.9. The van der Waals surface area contributed by atoms with Crippen LogP contribution in [0.5, 0.6) is 0 Å². The number of likely N-dealkylation sites (tertiary alicyclic amines) is 1. The number of carbonyl (C=O) groups is 2. The van der Waals surface area contributed by atoms with Crippen LogP contribution in [-0.4, -0.2) is 36.2 Å². The Morgan fingerprint density at radius 1 is 1.37 bits per heavy atom. The molecule has 19 heavy (non-hydrogen) atoms. The molecule has 0 radical (unpaired) electrons. The zero-order valence-electron chi connectivity index (χ0n) is 10.9. The van der Waals surface area contributed by atoms with Crippen LogP contribution in [0.3, 0.4) is 0 Å². The molecular weight excluding hydrogens is 264 g/mol. The van der Waals surface area contributed by atoms with Crippen LogP contribution in [0.2, 0.25) is 5.02 Å². The summed E-state index contributed by atoms with van der Waals surface area (Å²) in [4.78, 5) is 25.0. The van der Waals surface area contributed by atoms with E-state index in [2.05, 4.69) is 5.32 Å². The Hall–Kier alpha value is -1.39. The predicted molar refractivity (Wildman–Crippen MR) is 75.5 cm³/mol. The Morgan fingerprint density at radius 2 is 2.05 bits per heavy atom. The topological polar surface area (TPSA) is 49.4 Å². The molecule has 1 N–H and O–H groups in total. The molecule has 1 aromatic rings. The molecular formula is C14H17ClN2O2. The highest BCUT2D eigenvalue weighted by molar-refractivity contribution is 6.33. The fourth-order valence-corrected chi connectivity index (χ4v) is 2.25. The molecule has 1 heterocycles. The van der Waals surface area contributed by atoms with Crippen LogP contribution in [0.25, 0.3) is 0 Å². The quantitative estimate of drug-likeness (QED) is 0.924. The summed E-state index contributed by atoms with van der Waals surface area (Å²) in [7, 11) is 0. The average molecular weight is 281 g/mol. The number of hydrogen-bond acceptors (Lipinski definition) is 3. The lowest BCUT2D eigenvalue weighted by Gasteiger charge is -2.25. The minimum atomic E-state index is -0.0955. The van der Waals surface area contributed by atoms with Crippen LogP contribution in [0.1, 0.15) is 18.4 Å². The summed E-state index contributed by atoms with van der Waals surface area (Å²) in [6, 6.07) is 5.51. The molecule has 0 aromatic heterocycles. The van der Waals surface area contributed by atoms with Gasteiger partial charge in [-0.2, -0.15) is 0 Å². The van der Waals surface area contributed by atoms with E-state index in [1.54, 1.807) is 6.07 Å². The third-order valence-corrected chi connectivity index (χ3v) is 3.51. The van der Waals surface area contributed by atoms with Crippen molar-refractivity contribution in [1.82, 2.24) is 4.90 Å². The molecule has 0 saturated carbocycles. The predicted octanol–water partition coefficient (Wildman–Crippen LogP) is 2.25. The van der Waals surface area contributed by atoms with Crippen LogP contribution < -0.4 is 5.32 Å². The number of anilines is 1. The summed E-state index contributed by atoms with van der Waals surface area (Å²) in [5, 5.41) is 3.35. The zero-order valence-corrected chi connectivity index (χ0v) is 11.7. The van der Waals surface area contributed by atoms with Gasteiger partial charge >= 0.3 is 0 Å². The molecule has 1 amide bonds. The third-order valence-electron chi connectivity index (χ3n) is 3.18. The van der Waals surface area contributed by atoms with Gasteiger partial charge in [0.1, 0.15) is 5.78 Å². The monoisotopic (exact) mass is 280 g/mol. The molecule has 1 saturated heterocycles. The molecule has 1 aromatic carbocycles. The number of amides is 1. The zero-order chi connectivity index (χ0) is 13.8. The number of nitrogens with one attached hydrogen (secondary N) is 1. The molecule has 0 unspecified atom stereocenters. The molecule has 0 bridgehead atoms. The lowest BCUT2D eigenvalue weighted by atomic mass is 10.1. The fraction of sp³-hybridized carbons (Fsp3) is 0.429. The average Bonchev–Trinajstić information content (AvgIpc) is 2.37. The van der Waals surface area contributed by atoms with Gasteiger partial charge in [0.2, 0.25) is 5.91 Å². The molecule has 2 rings (SSSR count). The Bertz CT molecular complexity index is 492. The van der Waals surface area contributed by atoms with Crippen molar-refractivity contribution in [2.24, 2.45) is 0 Å². The summed E-state index contributed by atoms with van der Waals surface area (Å²) in [6.07, 6.45) is 1.08. The highest BCUT2D eigenvalue weighted by atomic mass is 35.5. The van der Waals surface area contributed by atoms with Gasteiger partial charge in [-0.1, -0.05) is 17.7 Å². The summed E-state index contributed by atoms with van der Waals surface area (Å²) in [5.41, 5.74) is 1.68. The van der Waals surface area contributed by atoms with Gasteiger partial charge in [-0.15, -0.1) is 0 Å². The molecule has 1 aliphatic rings. The second-order valence-corrected chi connectivity index (χ2v) is 5.25. The number of hydrogen-bond donors (Lipinski definition) is 1. The molecule has 5 heteroatoms. The van der Waals surface area contributed by atoms with Gasteiger partial charge in [-0.25, -0.2) is 0 Å². The van der Waals surface area contributed by atoms with Gasteiger partial charge in [0.15, 0.2) is 0 Å². The smallest absolute Gasteiger partial charge is 0.238 e. The minimum Gasteiger partial charge on any atom is -0.324 e. The van der Waals surface area contributed by atoms with Gasteiger partial charge in [-0.3, -0.25) is 14.5 Å².